The molecule has 5 nitrogen and oxygen atoms in total. The van der Waals surface area contributed by atoms with E-state index in [1.54, 1.807) is 6.92 Å². The lowest BCUT2D eigenvalue weighted by molar-refractivity contribution is -0.130. The molecule has 0 saturated carbocycles. The van der Waals surface area contributed by atoms with Crippen LogP contribution in [0.4, 0.5) is 0 Å². The second kappa shape index (κ2) is 8.42. The number of aliphatic hydroxyl groups excluding tert-OH is 1. The van der Waals surface area contributed by atoms with Gasteiger partial charge < -0.3 is 15.7 Å². The van der Waals surface area contributed by atoms with Crippen molar-refractivity contribution in [2.24, 2.45) is 5.92 Å². The molecular weight excluding hydrogens is 268 g/mol. The number of hydrogen-bond donors (Lipinski definition) is 3. The minimum atomic E-state index is -0.609. The number of rotatable bonds is 7. The Hall–Kier alpha value is -1.88. The largest absolute Gasteiger partial charge is 0.392 e. The van der Waals surface area contributed by atoms with Crippen molar-refractivity contribution in [2.45, 2.75) is 39.3 Å². The minimum absolute atomic E-state index is 0.0290. The number of carbonyl (C=O) groups excluding carboxylic acids is 2. The standard InChI is InChI=1S/C16H24N2O3/c1-11(2)15(16(21)17-10-12(3)19)18-14(20)9-13-7-5-4-6-8-13/h4-8,11-12,15,19H,9-10H2,1-3H3,(H,17,21)(H,18,20). The number of aliphatic hydroxyl groups is 1. The van der Waals surface area contributed by atoms with Crippen molar-refractivity contribution in [2.75, 3.05) is 6.54 Å². The van der Waals surface area contributed by atoms with Crippen molar-refractivity contribution >= 4 is 11.8 Å². The zero-order valence-corrected chi connectivity index (χ0v) is 12.8. The van der Waals surface area contributed by atoms with Gasteiger partial charge in [0.2, 0.25) is 11.8 Å². The second-order valence-electron chi connectivity index (χ2n) is 5.55. The van der Waals surface area contributed by atoms with Crippen LogP contribution in [-0.4, -0.2) is 35.6 Å². The minimum Gasteiger partial charge on any atom is -0.392 e. The fraction of sp³-hybridized carbons (Fsp3) is 0.500. The van der Waals surface area contributed by atoms with Crippen LogP contribution in [-0.2, 0) is 16.0 Å². The van der Waals surface area contributed by atoms with Gasteiger partial charge in [-0.3, -0.25) is 9.59 Å². The van der Waals surface area contributed by atoms with Crippen molar-refractivity contribution in [3.05, 3.63) is 35.9 Å². The zero-order chi connectivity index (χ0) is 15.8. The van der Waals surface area contributed by atoms with Crippen molar-refractivity contribution in [1.29, 1.82) is 0 Å². The van der Waals surface area contributed by atoms with E-state index >= 15 is 0 Å². The van der Waals surface area contributed by atoms with Gasteiger partial charge >= 0.3 is 0 Å². The zero-order valence-electron chi connectivity index (χ0n) is 12.8. The molecule has 0 radical (unpaired) electrons. The van der Waals surface area contributed by atoms with Crippen LogP contribution >= 0.6 is 0 Å². The van der Waals surface area contributed by atoms with Crippen LogP contribution < -0.4 is 10.6 Å². The highest BCUT2D eigenvalue weighted by atomic mass is 16.3. The van der Waals surface area contributed by atoms with Crippen LogP contribution in [0.1, 0.15) is 26.3 Å². The summed E-state index contributed by atoms with van der Waals surface area (Å²) < 4.78 is 0. The van der Waals surface area contributed by atoms with Gasteiger partial charge in [-0.1, -0.05) is 44.2 Å². The highest BCUT2D eigenvalue weighted by molar-refractivity contribution is 5.88. The first-order chi connectivity index (χ1) is 9.90. The molecule has 1 aromatic rings. The Balaban J connectivity index is 2.57. The SMILES string of the molecule is CC(O)CNC(=O)C(NC(=O)Cc1ccccc1)C(C)C. The van der Waals surface area contributed by atoms with Crippen molar-refractivity contribution < 1.29 is 14.7 Å². The molecule has 2 atom stereocenters. The molecule has 5 heteroatoms. The summed E-state index contributed by atoms with van der Waals surface area (Å²) in [5, 5.41) is 14.6. The van der Waals surface area contributed by atoms with Crippen molar-refractivity contribution in [1.82, 2.24) is 10.6 Å². The van der Waals surface area contributed by atoms with Gasteiger partial charge in [0.05, 0.1) is 12.5 Å². The van der Waals surface area contributed by atoms with Gasteiger partial charge in [0, 0.05) is 6.54 Å². The Labute approximate surface area is 125 Å². The molecular formula is C16H24N2O3. The lowest BCUT2D eigenvalue weighted by Gasteiger charge is -2.22. The van der Waals surface area contributed by atoms with Gasteiger partial charge in [-0.05, 0) is 18.4 Å². The fourth-order valence-corrected chi connectivity index (χ4v) is 1.90. The van der Waals surface area contributed by atoms with Crippen molar-refractivity contribution in [3.8, 4) is 0 Å². The molecule has 116 valence electrons. The maximum Gasteiger partial charge on any atom is 0.242 e. The first kappa shape index (κ1) is 17.2. The molecule has 0 fully saturated rings. The third kappa shape index (κ3) is 6.40. The summed E-state index contributed by atoms with van der Waals surface area (Å²) in [5.74, 6) is -0.488. The maximum atomic E-state index is 12.0. The van der Waals surface area contributed by atoms with E-state index in [2.05, 4.69) is 10.6 Å². The molecule has 21 heavy (non-hydrogen) atoms. The summed E-state index contributed by atoms with van der Waals surface area (Å²) in [6, 6.07) is 8.78. The lowest BCUT2D eigenvalue weighted by atomic mass is 10.0. The van der Waals surface area contributed by atoms with Crippen LogP contribution in [0.5, 0.6) is 0 Å². The Morgan fingerprint density at radius 1 is 1.14 bits per heavy atom. The smallest absolute Gasteiger partial charge is 0.242 e. The molecule has 1 aromatic carbocycles. The van der Waals surface area contributed by atoms with E-state index in [0.717, 1.165) is 5.56 Å². The van der Waals surface area contributed by atoms with Gasteiger partial charge in [-0.15, -0.1) is 0 Å². The van der Waals surface area contributed by atoms with Crippen LogP contribution in [0, 0.1) is 5.92 Å². The molecule has 0 saturated heterocycles. The molecule has 0 bridgehead atoms. The summed E-state index contributed by atoms with van der Waals surface area (Å²) in [5.41, 5.74) is 0.905. The molecule has 2 amide bonds. The number of amides is 2. The Bertz CT molecular complexity index is 458. The van der Waals surface area contributed by atoms with E-state index < -0.39 is 12.1 Å². The number of nitrogens with one attached hydrogen (secondary N) is 2. The lowest BCUT2D eigenvalue weighted by Crippen LogP contribution is -2.51. The molecule has 0 aromatic heterocycles. The third-order valence-electron chi connectivity index (χ3n) is 3.04. The summed E-state index contributed by atoms with van der Waals surface area (Å²) >= 11 is 0. The van der Waals surface area contributed by atoms with Crippen LogP contribution in [0.15, 0.2) is 30.3 Å². The third-order valence-corrected chi connectivity index (χ3v) is 3.04. The maximum absolute atomic E-state index is 12.0. The Morgan fingerprint density at radius 2 is 1.76 bits per heavy atom. The quantitative estimate of drug-likeness (QED) is 0.697. The van der Waals surface area contributed by atoms with Gasteiger partial charge in [-0.2, -0.15) is 0 Å². The van der Waals surface area contributed by atoms with Crippen molar-refractivity contribution in [3.63, 3.8) is 0 Å². The first-order valence-corrected chi connectivity index (χ1v) is 7.19. The van der Waals surface area contributed by atoms with E-state index in [9.17, 15) is 14.7 Å². The molecule has 3 N–H and O–H groups in total. The average molecular weight is 292 g/mol. The summed E-state index contributed by atoms with van der Waals surface area (Å²) in [4.78, 5) is 24.1. The van der Waals surface area contributed by atoms with E-state index in [1.165, 1.54) is 0 Å². The van der Waals surface area contributed by atoms with Gasteiger partial charge in [0.1, 0.15) is 6.04 Å². The van der Waals surface area contributed by atoms with E-state index in [1.807, 2.05) is 44.2 Å². The molecule has 2 unspecified atom stereocenters. The number of hydrogen-bond acceptors (Lipinski definition) is 3. The van der Waals surface area contributed by atoms with Gasteiger partial charge in [-0.25, -0.2) is 0 Å². The molecule has 1 rings (SSSR count). The molecule has 0 heterocycles. The number of benzene rings is 1. The van der Waals surface area contributed by atoms with Gasteiger partial charge in [0.15, 0.2) is 0 Å². The summed E-state index contributed by atoms with van der Waals surface area (Å²) in [6.45, 7) is 5.51. The molecule has 0 spiro atoms. The molecule has 0 aliphatic heterocycles. The number of carbonyl (C=O) groups is 2. The second-order valence-corrected chi connectivity index (χ2v) is 5.55. The first-order valence-electron chi connectivity index (χ1n) is 7.19. The van der Waals surface area contributed by atoms with Crippen LogP contribution in [0.2, 0.25) is 0 Å². The normalized spacial score (nSPS) is 13.6. The molecule has 0 aliphatic rings. The topological polar surface area (TPSA) is 78.4 Å². The average Bonchev–Trinajstić information content (AvgIpc) is 2.43. The van der Waals surface area contributed by atoms with E-state index in [0.29, 0.717) is 0 Å². The van der Waals surface area contributed by atoms with Gasteiger partial charge in [0.25, 0.3) is 0 Å². The Morgan fingerprint density at radius 3 is 2.29 bits per heavy atom. The van der Waals surface area contributed by atoms with E-state index in [4.69, 9.17) is 0 Å². The predicted molar refractivity (Wildman–Crippen MR) is 81.6 cm³/mol. The summed E-state index contributed by atoms with van der Waals surface area (Å²) in [6.07, 6.45) is -0.366. The van der Waals surface area contributed by atoms with Crippen LogP contribution in [0.3, 0.4) is 0 Å². The monoisotopic (exact) mass is 292 g/mol. The fourth-order valence-electron chi connectivity index (χ4n) is 1.90. The van der Waals surface area contributed by atoms with Crippen LogP contribution in [0.25, 0.3) is 0 Å². The van der Waals surface area contributed by atoms with E-state index in [-0.39, 0.29) is 30.7 Å². The summed E-state index contributed by atoms with van der Waals surface area (Å²) in [7, 11) is 0. The highest BCUT2D eigenvalue weighted by Gasteiger charge is 2.24. The Kier molecular flexibility index (Phi) is 6.88. The molecule has 0 aliphatic carbocycles. The highest BCUT2D eigenvalue weighted by Crippen LogP contribution is 2.04. The predicted octanol–water partition coefficient (Wildman–Crippen LogP) is 0.867.